The Morgan fingerprint density at radius 2 is 2.14 bits per heavy atom. The SMILES string of the molecule is CN=C(NCCc1cccc(C(=O)N(C)C)c1)NC1C2CCOC2C12CCC2.I. The van der Waals surface area contributed by atoms with Crippen LogP contribution in [0.2, 0.25) is 0 Å². The van der Waals surface area contributed by atoms with Crippen molar-refractivity contribution in [3.63, 3.8) is 0 Å². The average Bonchev–Trinajstić information content (AvgIpc) is 3.07. The van der Waals surface area contributed by atoms with E-state index in [9.17, 15) is 4.79 Å². The van der Waals surface area contributed by atoms with Crippen LogP contribution in [0.1, 0.15) is 41.6 Å². The number of rotatable bonds is 5. The van der Waals surface area contributed by atoms with Gasteiger partial charge in [-0.1, -0.05) is 18.6 Å². The molecular weight excluding hydrogens is 479 g/mol. The lowest BCUT2D eigenvalue weighted by Crippen LogP contribution is -2.72. The van der Waals surface area contributed by atoms with Gasteiger partial charge < -0.3 is 20.3 Å². The maximum atomic E-state index is 12.1. The number of hydrogen-bond donors (Lipinski definition) is 2. The molecule has 2 saturated carbocycles. The Morgan fingerprint density at radius 1 is 1.34 bits per heavy atom. The van der Waals surface area contributed by atoms with E-state index in [0.29, 0.717) is 23.5 Å². The number of fused-ring (bicyclic) bond motifs is 2. The minimum atomic E-state index is 0. The van der Waals surface area contributed by atoms with Crippen LogP contribution in [0.25, 0.3) is 0 Å². The van der Waals surface area contributed by atoms with Crippen molar-refractivity contribution in [2.45, 2.75) is 44.2 Å². The molecule has 7 heteroatoms. The van der Waals surface area contributed by atoms with E-state index < -0.39 is 0 Å². The Morgan fingerprint density at radius 3 is 2.79 bits per heavy atom. The number of benzene rings is 1. The van der Waals surface area contributed by atoms with E-state index in [4.69, 9.17) is 4.74 Å². The first-order valence-electron chi connectivity index (χ1n) is 10.4. The van der Waals surface area contributed by atoms with E-state index in [2.05, 4.69) is 21.7 Å². The summed E-state index contributed by atoms with van der Waals surface area (Å²) in [5.41, 5.74) is 2.23. The number of nitrogens with zero attached hydrogens (tertiary/aromatic N) is 2. The number of hydrogen-bond acceptors (Lipinski definition) is 3. The van der Waals surface area contributed by atoms with E-state index in [1.54, 1.807) is 19.0 Å². The summed E-state index contributed by atoms with van der Waals surface area (Å²) < 4.78 is 6.01. The Labute approximate surface area is 190 Å². The molecule has 0 radical (unpaired) electrons. The Balaban J connectivity index is 0.00000240. The van der Waals surface area contributed by atoms with Gasteiger partial charge >= 0.3 is 0 Å². The topological polar surface area (TPSA) is 66.0 Å². The van der Waals surface area contributed by atoms with Crippen molar-refractivity contribution in [2.24, 2.45) is 16.3 Å². The van der Waals surface area contributed by atoms with Crippen LogP contribution in [0.15, 0.2) is 29.3 Å². The second-order valence-corrected chi connectivity index (χ2v) is 8.60. The van der Waals surface area contributed by atoms with Gasteiger partial charge in [-0.05, 0) is 43.4 Å². The Bertz CT molecular complexity index is 763. The monoisotopic (exact) mass is 512 g/mol. The fraction of sp³-hybridized carbons (Fsp3) is 0.636. The predicted molar refractivity (Wildman–Crippen MR) is 126 cm³/mol. The first-order valence-corrected chi connectivity index (χ1v) is 10.4. The second-order valence-electron chi connectivity index (χ2n) is 8.60. The zero-order valence-corrected chi connectivity index (χ0v) is 19.9. The van der Waals surface area contributed by atoms with Gasteiger partial charge in [0.2, 0.25) is 0 Å². The number of guanidine groups is 1. The Hall–Kier alpha value is -1.35. The smallest absolute Gasteiger partial charge is 0.253 e. The number of aliphatic imine (C=N–C) groups is 1. The van der Waals surface area contributed by atoms with Crippen LogP contribution in [0.4, 0.5) is 0 Å². The molecule has 1 saturated heterocycles. The lowest BCUT2D eigenvalue weighted by molar-refractivity contribution is -0.171. The van der Waals surface area contributed by atoms with Crippen LogP contribution in [0.3, 0.4) is 0 Å². The molecule has 1 aromatic carbocycles. The highest BCUT2D eigenvalue weighted by molar-refractivity contribution is 14.0. The molecule has 3 fully saturated rings. The summed E-state index contributed by atoms with van der Waals surface area (Å²) in [6, 6.07) is 8.36. The number of ether oxygens (including phenoxy) is 1. The van der Waals surface area contributed by atoms with Gasteiger partial charge in [0.15, 0.2) is 5.96 Å². The molecule has 2 N–H and O–H groups in total. The first-order chi connectivity index (χ1) is 13.5. The molecule has 1 spiro atoms. The van der Waals surface area contributed by atoms with Crippen molar-refractivity contribution in [3.8, 4) is 0 Å². The molecule has 29 heavy (non-hydrogen) atoms. The van der Waals surface area contributed by atoms with Gasteiger partial charge in [-0.25, -0.2) is 0 Å². The molecule has 1 aromatic rings. The summed E-state index contributed by atoms with van der Waals surface area (Å²) in [6.07, 6.45) is 6.34. The first kappa shape index (κ1) is 22.3. The van der Waals surface area contributed by atoms with Crippen molar-refractivity contribution in [1.82, 2.24) is 15.5 Å². The standard InChI is InChI=1S/C22H32N4O2.HI/c1-23-21(25-18-17-9-13-28-19(17)22(18)10-5-11-22)24-12-8-15-6-4-7-16(14-15)20(27)26(2)3;/h4,6-7,14,17-19H,5,8-13H2,1-3H3,(H2,23,24,25);1H. The van der Waals surface area contributed by atoms with Crippen molar-refractivity contribution >= 4 is 35.8 Å². The normalized spacial score (nSPS) is 26.6. The predicted octanol–water partition coefficient (Wildman–Crippen LogP) is 2.67. The summed E-state index contributed by atoms with van der Waals surface area (Å²) in [5, 5.41) is 7.15. The van der Waals surface area contributed by atoms with E-state index in [0.717, 1.165) is 43.1 Å². The lowest BCUT2D eigenvalue weighted by atomic mass is 9.46. The van der Waals surface area contributed by atoms with Crippen molar-refractivity contribution in [1.29, 1.82) is 0 Å². The van der Waals surface area contributed by atoms with Crippen LogP contribution in [0.5, 0.6) is 0 Å². The molecule has 4 rings (SSSR count). The average molecular weight is 512 g/mol. The van der Waals surface area contributed by atoms with Crippen LogP contribution < -0.4 is 10.6 Å². The van der Waals surface area contributed by atoms with E-state index in [1.165, 1.54) is 19.3 Å². The summed E-state index contributed by atoms with van der Waals surface area (Å²) >= 11 is 0. The molecule has 1 amide bonds. The third-order valence-corrected chi connectivity index (χ3v) is 6.84. The summed E-state index contributed by atoms with van der Waals surface area (Å²) in [6.45, 7) is 1.69. The maximum absolute atomic E-state index is 12.1. The molecule has 3 unspecified atom stereocenters. The molecular formula is C22H33IN4O2. The molecule has 3 atom stereocenters. The van der Waals surface area contributed by atoms with Crippen molar-refractivity contribution in [3.05, 3.63) is 35.4 Å². The van der Waals surface area contributed by atoms with Crippen LogP contribution in [0, 0.1) is 11.3 Å². The largest absolute Gasteiger partial charge is 0.377 e. The summed E-state index contributed by atoms with van der Waals surface area (Å²) in [7, 11) is 5.39. The van der Waals surface area contributed by atoms with Gasteiger partial charge in [0.05, 0.1) is 6.10 Å². The zero-order chi connectivity index (χ0) is 19.7. The molecule has 1 heterocycles. The number of nitrogens with one attached hydrogen (secondary N) is 2. The van der Waals surface area contributed by atoms with E-state index in [1.807, 2.05) is 25.2 Å². The highest BCUT2D eigenvalue weighted by Crippen LogP contribution is 2.62. The minimum Gasteiger partial charge on any atom is -0.377 e. The number of halogens is 1. The molecule has 3 aliphatic rings. The maximum Gasteiger partial charge on any atom is 0.253 e. The van der Waals surface area contributed by atoms with Gasteiger partial charge in [-0.15, -0.1) is 24.0 Å². The van der Waals surface area contributed by atoms with Gasteiger partial charge in [0, 0.05) is 57.2 Å². The molecule has 6 nitrogen and oxygen atoms in total. The third kappa shape index (κ3) is 4.13. The molecule has 160 valence electrons. The fourth-order valence-electron chi connectivity index (χ4n) is 5.24. The van der Waals surface area contributed by atoms with Gasteiger partial charge in [0.1, 0.15) is 0 Å². The van der Waals surface area contributed by atoms with Gasteiger partial charge in [-0.2, -0.15) is 0 Å². The molecule has 1 aliphatic heterocycles. The fourth-order valence-corrected chi connectivity index (χ4v) is 5.24. The number of carbonyl (C=O) groups excluding carboxylic acids is 1. The zero-order valence-electron chi connectivity index (χ0n) is 17.6. The Kier molecular flexibility index (Phi) is 7.09. The highest BCUT2D eigenvalue weighted by atomic mass is 127. The second kappa shape index (κ2) is 9.20. The summed E-state index contributed by atoms with van der Waals surface area (Å²) in [4.78, 5) is 18.2. The molecule has 0 aromatic heterocycles. The number of amides is 1. The van der Waals surface area contributed by atoms with Crippen LogP contribution >= 0.6 is 24.0 Å². The van der Waals surface area contributed by atoms with Gasteiger partial charge in [0.25, 0.3) is 5.91 Å². The highest BCUT2D eigenvalue weighted by Gasteiger charge is 2.66. The van der Waals surface area contributed by atoms with Gasteiger partial charge in [-0.3, -0.25) is 9.79 Å². The lowest BCUT2D eigenvalue weighted by Gasteiger charge is -2.63. The van der Waals surface area contributed by atoms with E-state index in [-0.39, 0.29) is 29.9 Å². The van der Waals surface area contributed by atoms with E-state index >= 15 is 0 Å². The van der Waals surface area contributed by atoms with Crippen LogP contribution in [-0.2, 0) is 11.2 Å². The number of carbonyl (C=O) groups is 1. The van der Waals surface area contributed by atoms with Crippen LogP contribution in [-0.4, -0.2) is 63.2 Å². The van der Waals surface area contributed by atoms with Crippen molar-refractivity contribution < 1.29 is 9.53 Å². The third-order valence-electron chi connectivity index (χ3n) is 6.84. The molecule has 0 bridgehead atoms. The quantitative estimate of drug-likeness (QED) is 0.362. The molecule has 2 aliphatic carbocycles. The summed E-state index contributed by atoms with van der Waals surface area (Å²) in [5.74, 6) is 1.55. The minimum absolute atomic E-state index is 0. The van der Waals surface area contributed by atoms with Crippen molar-refractivity contribution in [2.75, 3.05) is 34.3 Å².